The first kappa shape index (κ1) is 20.2. The summed E-state index contributed by atoms with van der Waals surface area (Å²) in [5, 5.41) is 7.07. The van der Waals surface area contributed by atoms with Crippen LogP contribution in [0.5, 0.6) is 5.75 Å². The Morgan fingerprint density at radius 1 is 0.923 bits per heavy atom. The number of thiocarbonyl (C=S) groups is 1. The summed E-state index contributed by atoms with van der Waals surface area (Å²) in [6.07, 6.45) is 0. The Morgan fingerprint density at radius 2 is 1.54 bits per heavy atom. The molecule has 3 N–H and O–H groups in total. The van der Waals surface area contributed by atoms with Gasteiger partial charge in [0, 0.05) is 17.8 Å². The van der Waals surface area contributed by atoms with Crippen molar-refractivity contribution in [3.05, 3.63) is 59.7 Å². The van der Waals surface area contributed by atoms with E-state index in [-0.39, 0.29) is 0 Å². The van der Waals surface area contributed by atoms with Gasteiger partial charge in [-0.15, -0.1) is 0 Å². The number of anilines is 1. The molecule has 26 heavy (non-hydrogen) atoms. The fourth-order valence-electron chi connectivity index (χ4n) is 2.72. The summed E-state index contributed by atoms with van der Waals surface area (Å²) < 4.78 is 5.44. The highest BCUT2D eigenvalue weighted by Crippen LogP contribution is 2.15. The third-order valence-electron chi connectivity index (χ3n) is 4.35. The van der Waals surface area contributed by atoms with Gasteiger partial charge in [0.05, 0.1) is 19.7 Å². The van der Waals surface area contributed by atoms with Crippen molar-refractivity contribution in [2.75, 3.05) is 25.0 Å². The van der Waals surface area contributed by atoms with Gasteiger partial charge in [0.15, 0.2) is 5.11 Å². The number of quaternary nitrogens is 1. The monoisotopic (exact) mass is 372 g/mol. The normalized spacial score (nSPS) is 10.6. The Labute approximate surface area is 162 Å². The van der Waals surface area contributed by atoms with Gasteiger partial charge in [-0.05, 0) is 62.8 Å². The number of nitrogens with one attached hydrogen (secondary N) is 3. The minimum absolute atomic E-state index is 0.617. The van der Waals surface area contributed by atoms with Crippen molar-refractivity contribution >= 4 is 23.0 Å². The molecule has 0 aliphatic heterocycles. The molecular formula is C21H30N3OS+. The molecule has 0 spiro atoms. The van der Waals surface area contributed by atoms with Gasteiger partial charge < -0.3 is 20.3 Å². The topological polar surface area (TPSA) is 37.7 Å². The third-order valence-corrected chi connectivity index (χ3v) is 4.60. The van der Waals surface area contributed by atoms with E-state index in [0.717, 1.165) is 31.1 Å². The van der Waals surface area contributed by atoms with Crippen LogP contribution in [0, 0.1) is 0 Å². The van der Waals surface area contributed by atoms with E-state index in [2.05, 4.69) is 48.7 Å². The van der Waals surface area contributed by atoms with Crippen LogP contribution in [0.4, 0.5) is 5.69 Å². The molecule has 0 fully saturated rings. The van der Waals surface area contributed by atoms with E-state index in [4.69, 9.17) is 17.0 Å². The first-order valence-corrected chi connectivity index (χ1v) is 9.74. The molecule has 140 valence electrons. The van der Waals surface area contributed by atoms with Crippen LogP contribution in [0.15, 0.2) is 48.5 Å². The summed E-state index contributed by atoms with van der Waals surface area (Å²) in [6.45, 7) is 11.2. The smallest absolute Gasteiger partial charge is 0.171 e. The summed E-state index contributed by atoms with van der Waals surface area (Å²) in [4.78, 5) is 1.59. The van der Waals surface area contributed by atoms with Crippen molar-refractivity contribution in [1.29, 1.82) is 0 Å². The van der Waals surface area contributed by atoms with Crippen molar-refractivity contribution in [3.8, 4) is 5.75 Å². The zero-order valence-corrected chi connectivity index (χ0v) is 16.8. The molecule has 4 nitrogen and oxygen atoms in total. The molecule has 2 aromatic rings. The maximum atomic E-state index is 5.44. The molecular weight excluding hydrogens is 342 g/mol. The van der Waals surface area contributed by atoms with Crippen LogP contribution in [-0.2, 0) is 13.1 Å². The SMILES string of the molecule is CCOc1ccc(NC(=S)NCc2ccc(C[NH+](CC)CC)cc2)cc1. The molecule has 2 aromatic carbocycles. The highest BCUT2D eigenvalue weighted by molar-refractivity contribution is 7.80. The Bertz CT molecular complexity index is 667. The minimum atomic E-state index is 0.617. The lowest BCUT2D eigenvalue weighted by atomic mass is 10.1. The van der Waals surface area contributed by atoms with Gasteiger partial charge in [-0.1, -0.05) is 24.3 Å². The van der Waals surface area contributed by atoms with Crippen LogP contribution in [0.3, 0.4) is 0 Å². The summed E-state index contributed by atoms with van der Waals surface area (Å²) in [6, 6.07) is 16.6. The van der Waals surface area contributed by atoms with Gasteiger partial charge in [-0.3, -0.25) is 0 Å². The van der Waals surface area contributed by atoms with Crippen LogP contribution in [0.2, 0.25) is 0 Å². The molecule has 0 saturated carbocycles. The van der Waals surface area contributed by atoms with Crippen LogP contribution in [0.1, 0.15) is 31.9 Å². The largest absolute Gasteiger partial charge is 0.494 e. The summed E-state index contributed by atoms with van der Waals surface area (Å²) in [5.74, 6) is 0.864. The fraction of sp³-hybridized carbons (Fsp3) is 0.381. The van der Waals surface area contributed by atoms with Gasteiger partial charge >= 0.3 is 0 Å². The minimum Gasteiger partial charge on any atom is -0.494 e. The van der Waals surface area contributed by atoms with Gasteiger partial charge in [0.2, 0.25) is 0 Å². The van der Waals surface area contributed by atoms with E-state index in [1.165, 1.54) is 11.1 Å². The molecule has 2 rings (SSSR count). The lowest BCUT2D eigenvalue weighted by Crippen LogP contribution is -3.10. The van der Waals surface area contributed by atoms with Gasteiger partial charge in [-0.25, -0.2) is 0 Å². The first-order chi connectivity index (χ1) is 12.6. The molecule has 0 amide bonds. The van der Waals surface area contributed by atoms with Crippen molar-refractivity contribution in [2.24, 2.45) is 0 Å². The standard InChI is InChI=1S/C21H29N3OS/c1-4-24(5-2)16-18-9-7-17(8-10-18)15-22-21(26)23-19-11-13-20(14-12-19)25-6-3/h7-14H,4-6,15-16H2,1-3H3,(H2,22,23,26)/p+1. The molecule has 0 heterocycles. The van der Waals surface area contributed by atoms with Crippen LogP contribution in [0.25, 0.3) is 0 Å². The Kier molecular flexibility index (Phi) is 8.38. The molecule has 5 heteroatoms. The van der Waals surface area contributed by atoms with E-state index in [9.17, 15) is 0 Å². The van der Waals surface area contributed by atoms with Crippen LogP contribution in [-0.4, -0.2) is 24.8 Å². The number of hydrogen-bond donors (Lipinski definition) is 3. The number of benzene rings is 2. The molecule has 0 bridgehead atoms. The molecule has 0 aromatic heterocycles. The van der Waals surface area contributed by atoms with Gasteiger partial charge in [0.1, 0.15) is 12.3 Å². The number of rotatable bonds is 9. The predicted octanol–water partition coefficient (Wildman–Crippen LogP) is 3.00. The van der Waals surface area contributed by atoms with E-state index >= 15 is 0 Å². The van der Waals surface area contributed by atoms with E-state index in [0.29, 0.717) is 18.3 Å². The molecule has 0 aliphatic rings. The lowest BCUT2D eigenvalue weighted by Gasteiger charge is -2.15. The Balaban J connectivity index is 1.79. The van der Waals surface area contributed by atoms with Crippen LogP contribution < -0.4 is 20.3 Å². The first-order valence-electron chi connectivity index (χ1n) is 9.33. The van der Waals surface area contributed by atoms with Gasteiger partial charge in [-0.2, -0.15) is 0 Å². The zero-order valence-electron chi connectivity index (χ0n) is 16.0. The Morgan fingerprint density at radius 3 is 2.12 bits per heavy atom. The number of hydrogen-bond acceptors (Lipinski definition) is 2. The fourth-order valence-corrected chi connectivity index (χ4v) is 2.91. The molecule has 0 radical (unpaired) electrons. The zero-order chi connectivity index (χ0) is 18.8. The quantitative estimate of drug-likeness (QED) is 0.592. The second-order valence-electron chi connectivity index (χ2n) is 6.22. The molecule has 0 atom stereocenters. The van der Waals surface area contributed by atoms with Crippen molar-refractivity contribution in [2.45, 2.75) is 33.9 Å². The van der Waals surface area contributed by atoms with Crippen LogP contribution >= 0.6 is 12.2 Å². The predicted molar refractivity (Wildman–Crippen MR) is 113 cm³/mol. The van der Waals surface area contributed by atoms with Crippen molar-refractivity contribution in [1.82, 2.24) is 5.32 Å². The molecule has 0 saturated heterocycles. The Hall–Kier alpha value is -2.11. The average Bonchev–Trinajstić information content (AvgIpc) is 2.67. The highest BCUT2D eigenvalue weighted by atomic mass is 32.1. The maximum absolute atomic E-state index is 5.44. The molecule has 0 unspecified atom stereocenters. The second kappa shape index (κ2) is 10.8. The van der Waals surface area contributed by atoms with Crippen molar-refractivity contribution < 1.29 is 9.64 Å². The number of ether oxygens (including phenoxy) is 1. The van der Waals surface area contributed by atoms with E-state index in [1.807, 2.05) is 31.2 Å². The maximum Gasteiger partial charge on any atom is 0.171 e. The summed E-state index contributed by atoms with van der Waals surface area (Å²) in [5.41, 5.74) is 3.55. The van der Waals surface area contributed by atoms with E-state index in [1.54, 1.807) is 4.90 Å². The highest BCUT2D eigenvalue weighted by Gasteiger charge is 2.04. The van der Waals surface area contributed by atoms with E-state index < -0.39 is 0 Å². The lowest BCUT2D eigenvalue weighted by molar-refractivity contribution is -0.910. The second-order valence-corrected chi connectivity index (χ2v) is 6.62. The summed E-state index contributed by atoms with van der Waals surface area (Å²) in [7, 11) is 0. The summed E-state index contributed by atoms with van der Waals surface area (Å²) >= 11 is 5.38. The van der Waals surface area contributed by atoms with Gasteiger partial charge in [0.25, 0.3) is 0 Å². The molecule has 0 aliphatic carbocycles. The average molecular weight is 373 g/mol. The van der Waals surface area contributed by atoms with Crippen molar-refractivity contribution in [3.63, 3.8) is 0 Å². The third kappa shape index (κ3) is 6.65.